The molecule has 0 saturated heterocycles. The van der Waals surface area contributed by atoms with Gasteiger partial charge in [0, 0.05) is 41.7 Å². The fourth-order valence-corrected chi connectivity index (χ4v) is 9.06. The van der Waals surface area contributed by atoms with Gasteiger partial charge in [-0.2, -0.15) is 0 Å². The van der Waals surface area contributed by atoms with Gasteiger partial charge >= 0.3 is 0 Å². The van der Waals surface area contributed by atoms with E-state index in [2.05, 4.69) is 140 Å². The van der Waals surface area contributed by atoms with Crippen molar-refractivity contribution in [3.05, 3.63) is 146 Å². The number of hydrogen-bond donors (Lipinski definition) is 0. The quantitative estimate of drug-likeness (QED) is 0.181. The summed E-state index contributed by atoms with van der Waals surface area (Å²) in [6.45, 7) is 0. The molecular formula is C44H24O2S. The predicted molar refractivity (Wildman–Crippen MR) is 200 cm³/mol. The van der Waals surface area contributed by atoms with Crippen LogP contribution in [0.5, 0.6) is 0 Å². The largest absolute Gasteiger partial charge is 0.456 e. The molecule has 47 heavy (non-hydrogen) atoms. The van der Waals surface area contributed by atoms with Crippen molar-refractivity contribution in [1.29, 1.82) is 0 Å². The molecule has 0 saturated carbocycles. The first kappa shape index (κ1) is 25.3. The van der Waals surface area contributed by atoms with E-state index in [-0.39, 0.29) is 0 Å². The number of hydrogen-bond acceptors (Lipinski definition) is 3. The molecule has 0 aliphatic heterocycles. The van der Waals surface area contributed by atoms with Crippen molar-refractivity contribution in [2.45, 2.75) is 0 Å². The SMILES string of the molecule is c1ccc2c(c1)oc1cccc(-c3c4ccccc4c(-c4ccc5c(c4)oc4ccc6sc7ccccc7c6c45)c4ccccc34)c12. The van der Waals surface area contributed by atoms with Gasteiger partial charge in [-0.1, -0.05) is 103 Å². The molecule has 0 fully saturated rings. The van der Waals surface area contributed by atoms with Crippen LogP contribution in [0.4, 0.5) is 0 Å². The van der Waals surface area contributed by atoms with Crippen molar-refractivity contribution in [3.63, 3.8) is 0 Å². The number of furan rings is 2. The fourth-order valence-electron chi connectivity index (χ4n) is 7.95. The first-order chi connectivity index (χ1) is 23.3. The second kappa shape index (κ2) is 9.32. The number of rotatable bonds is 2. The van der Waals surface area contributed by atoms with E-state index in [4.69, 9.17) is 8.83 Å². The summed E-state index contributed by atoms with van der Waals surface area (Å²) in [6, 6.07) is 52.2. The Kier molecular flexibility index (Phi) is 5.02. The number of fused-ring (bicyclic) bond motifs is 12. The summed E-state index contributed by atoms with van der Waals surface area (Å²) < 4.78 is 15.6. The molecular weight excluding hydrogens is 593 g/mol. The molecule has 0 aliphatic carbocycles. The third-order valence-electron chi connectivity index (χ3n) is 9.87. The third-order valence-corrected chi connectivity index (χ3v) is 11.0. The molecule has 0 atom stereocenters. The molecule has 0 aliphatic rings. The molecule has 3 aromatic heterocycles. The standard InChI is InChI=1S/C44H24O2S/c1-3-12-28-26(10-1)40(25-20-21-31-37(24-25)46-36-22-23-39-44(43(31)36)32-15-6-8-19-38(32)47-39)27-11-2-4-13-29(27)41(28)33-16-9-18-35-42(33)30-14-5-7-17-34(30)45-35/h1-24H. The molecule has 3 heterocycles. The fraction of sp³-hybridized carbons (Fsp3) is 0. The summed E-state index contributed by atoms with van der Waals surface area (Å²) >= 11 is 1.84. The van der Waals surface area contributed by atoms with Crippen LogP contribution in [0, 0.1) is 0 Å². The minimum atomic E-state index is 0.906. The maximum absolute atomic E-state index is 6.63. The smallest absolute Gasteiger partial charge is 0.136 e. The summed E-state index contributed by atoms with van der Waals surface area (Å²) in [4.78, 5) is 0. The lowest BCUT2D eigenvalue weighted by molar-refractivity contribution is 0.669. The van der Waals surface area contributed by atoms with E-state index in [9.17, 15) is 0 Å². The molecule has 11 aromatic rings. The van der Waals surface area contributed by atoms with Crippen molar-refractivity contribution in [1.82, 2.24) is 0 Å². The summed E-state index contributed by atoms with van der Waals surface area (Å²) in [5, 5.41) is 12.1. The van der Waals surface area contributed by atoms with Gasteiger partial charge < -0.3 is 8.83 Å². The Labute approximate surface area is 272 Å². The van der Waals surface area contributed by atoms with Gasteiger partial charge in [0.2, 0.25) is 0 Å². The highest BCUT2D eigenvalue weighted by Gasteiger charge is 2.21. The normalized spacial score (nSPS) is 12.3. The third kappa shape index (κ3) is 3.44. The molecule has 218 valence electrons. The van der Waals surface area contributed by atoms with E-state index in [0.717, 1.165) is 44.1 Å². The predicted octanol–water partition coefficient (Wildman–Crippen LogP) is 13.5. The van der Waals surface area contributed by atoms with Gasteiger partial charge in [-0.15, -0.1) is 11.3 Å². The maximum atomic E-state index is 6.63. The Morgan fingerprint density at radius 1 is 0.340 bits per heavy atom. The number of benzene rings is 8. The molecule has 0 unspecified atom stereocenters. The zero-order valence-electron chi connectivity index (χ0n) is 25.1. The average molecular weight is 617 g/mol. The molecule has 3 heteroatoms. The topological polar surface area (TPSA) is 26.3 Å². The van der Waals surface area contributed by atoms with Crippen LogP contribution in [0.1, 0.15) is 0 Å². The Morgan fingerprint density at radius 2 is 0.936 bits per heavy atom. The minimum Gasteiger partial charge on any atom is -0.456 e. The van der Waals surface area contributed by atoms with Gasteiger partial charge in [0.15, 0.2) is 0 Å². The van der Waals surface area contributed by atoms with Crippen molar-refractivity contribution >= 4 is 96.9 Å². The van der Waals surface area contributed by atoms with Crippen LogP contribution in [0.25, 0.3) is 108 Å². The molecule has 0 spiro atoms. The van der Waals surface area contributed by atoms with E-state index in [1.54, 1.807) is 0 Å². The highest BCUT2D eigenvalue weighted by atomic mass is 32.1. The summed E-state index contributed by atoms with van der Waals surface area (Å²) in [5.41, 5.74) is 8.44. The molecule has 0 amide bonds. The van der Waals surface area contributed by atoms with Crippen LogP contribution < -0.4 is 0 Å². The van der Waals surface area contributed by atoms with Crippen molar-refractivity contribution in [2.24, 2.45) is 0 Å². The van der Waals surface area contributed by atoms with Crippen LogP contribution in [0.3, 0.4) is 0 Å². The van der Waals surface area contributed by atoms with Crippen LogP contribution in [-0.4, -0.2) is 0 Å². The highest BCUT2D eigenvalue weighted by Crippen LogP contribution is 2.48. The Hall–Kier alpha value is -5.90. The summed E-state index contributed by atoms with van der Waals surface area (Å²) in [6.07, 6.45) is 0. The van der Waals surface area contributed by atoms with Gasteiger partial charge in [0.05, 0.1) is 0 Å². The van der Waals surface area contributed by atoms with Gasteiger partial charge in [0.1, 0.15) is 22.3 Å². The van der Waals surface area contributed by atoms with Gasteiger partial charge in [0.25, 0.3) is 0 Å². The lowest BCUT2D eigenvalue weighted by atomic mass is 9.85. The molecule has 0 bridgehead atoms. The molecule has 8 aromatic carbocycles. The molecule has 0 radical (unpaired) electrons. The van der Waals surface area contributed by atoms with E-state index in [0.29, 0.717) is 0 Å². The van der Waals surface area contributed by atoms with E-state index >= 15 is 0 Å². The van der Waals surface area contributed by atoms with Gasteiger partial charge in [-0.05, 0) is 86.3 Å². The minimum absolute atomic E-state index is 0.906. The van der Waals surface area contributed by atoms with E-state index in [1.807, 2.05) is 17.4 Å². The summed E-state index contributed by atoms with van der Waals surface area (Å²) in [5.74, 6) is 0. The molecule has 0 N–H and O–H groups in total. The first-order valence-corrected chi connectivity index (χ1v) is 16.7. The average Bonchev–Trinajstić information content (AvgIpc) is 3.81. The van der Waals surface area contributed by atoms with Gasteiger partial charge in [-0.3, -0.25) is 0 Å². The Balaban J connectivity index is 1.22. The number of thiophene rings is 1. The van der Waals surface area contributed by atoms with E-state index < -0.39 is 0 Å². The lowest BCUT2D eigenvalue weighted by Crippen LogP contribution is -1.91. The maximum Gasteiger partial charge on any atom is 0.136 e. The second-order valence-electron chi connectivity index (χ2n) is 12.3. The zero-order chi connectivity index (χ0) is 30.6. The Bertz CT molecular complexity index is 3020. The number of para-hydroxylation sites is 1. The van der Waals surface area contributed by atoms with E-state index in [1.165, 1.54) is 63.8 Å². The second-order valence-corrected chi connectivity index (χ2v) is 13.4. The highest BCUT2D eigenvalue weighted by molar-refractivity contribution is 7.26. The monoisotopic (exact) mass is 616 g/mol. The lowest BCUT2D eigenvalue weighted by Gasteiger charge is -2.18. The van der Waals surface area contributed by atoms with Crippen LogP contribution in [0.2, 0.25) is 0 Å². The van der Waals surface area contributed by atoms with Crippen molar-refractivity contribution < 1.29 is 8.83 Å². The molecule has 2 nitrogen and oxygen atoms in total. The van der Waals surface area contributed by atoms with Crippen molar-refractivity contribution in [3.8, 4) is 22.3 Å². The zero-order valence-corrected chi connectivity index (χ0v) is 25.9. The molecule has 11 rings (SSSR count). The Morgan fingerprint density at radius 3 is 1.72 bits per heavy atom. The summed E-state index contributed by atoms with van der Waals surface area (Å²) in [7, 11) is 0. The van der Waals surface area contributed by atoms with Crippen LogP contribution in [0.15, 0.2) is 154 Å². The van der Waals surface area contributed by atoms with Crippen LogP contribution >= 0.6 is 11.3 Å². The van der Waals surface area contributed by atoms with Gasteiger partial charge in [-0.25, -0.2) is 0 Å². The van der Waals surface area contributed by atoms with Crippen LogP contribution in [-0.2, 0) is 0 Å². The first-order valence-electron chi connectivity index (χ1n) is 15.9. The van der Waals surface area contributed by atoms with Crippen molar-refractivity contribution in [2.75, 3.05) is 0 Å².